The standard InChI is InChI=1S/C10H24N2O/c1-4-12(5-2)9-10(3)11-7-6-8-13/h10-11,13H,4-9H2,1-3H3. The lowest BCUT2D eigenvalue weighted by Crippen LogP contribution is -2.39. The third-order valence-electron chi connectivity index (χ3n) is 2.25. The Bertz CT molecular complexity index is 105. The van der Waals surface area contributed by atoms with Crippen LogP contribution in [0.25, 0.3) is 0 Å². The van der Waals surface area contributed by atoms with Crippen LogP contribution >= 0.6 is 0 Å². The third-order valence-corrected chi connectivity index (χ3v) is 2.25. The van der Waals surface area contributed by atoms with E-state index in [0.29, 0.717) is 6.04 Å². The van der Waals surface area contributed by atoms with Gasteiger partial charge in [0.15, 0.2) is 0 Å². The Balaban J connectivity index is 3.42. The molecule has 80 valence electrons. The van der Waals surface area contributed by atoms with Crippen LogP contribution in [0.5, 0.6) is 0 Å². The number of rotatable bonds is 8. The smallest absolute Gasteiger partial charge is 0.0443 e. The minimum atomic E-state index is 0.283. The molecule has 1 atom stereocenters. The highest BCUT2D eigenvalue weighted by Gasteiger charge is 2.05. The fourth-order valence-corrected chi connectivity index (χ4v) is 1.36. The van der Waals surface area contributed by atoms with Crippen LogP contribution < -0.4 is 5.32 Å². The molecular weight excluding hydrogens is 164 g/mol. The molecule has 0 aromatic carbocycles. The molecule has 2 N–H and O–H groups in total. The molecule has 0 spiro atoms. The molecule has 0 aromatic rings. The van der Waals surface area contributed by atoms with Gasteiger partial charge in [0, 0.05) is 19.2 Å². The van der Waals surface area contributed by atoms with E-state index in [-0.39, 0.29) is 6.61 Å². The van der Waals surface area contributed by atoms with Crippen molar-refractivity contribution in [2.24, 2.45) is 0 Å². The Kier molecular flexibility index (Phi) is 8.40. The number of hydrogen-bond acceptors (Lipinski definition) is 3. The van der Waals surface area contributed by atoms with Gasteiger partial charge in [-0.25, -0.2) is 0 Å². The molecule has 0 rings (SSSR count). The van der Waals surface area contributed by atoms with Crippen molar-refractivity contribution < 1.29 is 5.11 Å². The molecule has 3 nitrogen and oxygen atoms in total. The van der Waals surface area contributed by atoms with Gasteiger partial charge < -0.3 is 15.3 Å². The molecule has 0 radical (unpaired) electrons. The number of nitrogens with one attached hydrogen (secondary N) is 1. The fourth-order valence-electron chi connectivity index (χ4n) is 1.36. The van der Waals surface area contributed by atoms with Crippen LogP contribution in [0.1, 0.15) is 27.2 Å². The summed E-state index contributed by atoms with van der Waals surface area (Å²) in [6.45, 7) is 11.1. The Morgan fingerprint density at radius 2 is 1.92 bits per heavy atom. The molecule has 0 aliphatic carbocycles. The summed E-state index contributed by atoms with van der Waals surface area (Å²) in [4.78, 5) is 2.40. The molecule has 0 fully saturated rings. The molecule has 0 aliphatic heterocycles. The van der Waals surface area contributed by atoms with Gasteiger partial charge in [-0.05, 0) is 33.0 Å². The van der Waals surface area contributed by atoms with Crippen molar-refractivity contribution in [3.8, 4) is 0 Å². The molecule has 0 aromatic heterocycles. The first-order valence-corrected chi connectivity index (χ1v) is 5.31. The normalized spacial score (nSPS) is 13.6. The van der Waals surface area contributed by atoms with Crippen LogP contribution in [-0.2, 0) is 0 Å². The SMILES string of the molecule is CCN(CC)CC(C)NCCCO. The van der Waals surface area contributed by atoms with Crippen LogP contribution in [0.15, 0.2) is 0 Å². The van der Waals surface area contributed by atoms with Gasteiger partial charge in [-0.3, -0.25) is 0 Å². The van der Waals surface area contributed by atoms with Crippen LogP contribution in [0, 0.1) is 0 Å². The molecule has 0 saturated carbocycles. The molecule has 0 amide bonds. The molecule has 0 saturated heterocycles. The lowest BCUT2D eigenvalue weighted by atomic mass is 10.3. The average molecular weight is 188 g/mol. The maximum atomic E-state index is 8.60. The summed E-state index contributed by atoms with van der Waals surface area (Å²) in [7, 11) is 0. The van der Waals surface area contributed by atoms with Gasteiger partial charge in [-0.15, -0.1) is 0 Å². The first kappa shape index (κ1) is 12.9. The summed E-state index contributed by atoms with van der Waals surface area (Å²) < 4.78 is 0. The van der Waals surface area contributed by atoms with Gasteiger partial charge in [0.1, 0.15) is 0 Å². The van der Waals surface area contributed by atoms with Gasteiger partial charge in [-0.2, -0.15) is 0 Å². The number of hydrogen-bond donors (Lipinski definition) is 2. The lowest BCUT2D eigenvalue weighted by molar-refractivity contribution is 0.258. The van der Waals surface area contributed by atoms with E-state index >= 15 is 0 Å². The quantitative estimate of drug-likeness (QED) is 0.550. The van der Waals surface area contributed by atoms with E-state index in [1.54, 1.807) is 0 Å². The second kappa shape index (κ2) is 8.48. The van der Waals surface area contributed by atoms with Crippen molar-refractivity contribution in [1.29, 1.82) is 0 Å². The highest BCUT2D eigenvalue weighted by atomic mass is 16.3. The topological polar surface area (TPSA) is 35.5 Å². The van der Waals surface area contributed by atoms with Crippen molar-refractivity contribution in [2.45, 2.75) is 33.2 Å². The second-order valence-electron chi connectivity index (χ2n) is 3.42. The minimum absolute atomic E-state index is 0.283. The van der Waals surface area contributed by atoms with Gasteiger partial charge in [0.05, 0.1) is 0 Å². The number of aliphatic hydroxyl groups excluding tert-OH is 1. The molecule has 3 heteroatoms. The number of aliphatic hydroxyl groups is 1. The Morgan fingerprint density at radius 1 is 1.31 bits per heavy atom. The van der Waals surface area contributed by atoms with Crippen molar-refractivity contribution >= 4 is 0 Å². The van der Waals surface area contributed by atoms with Crippen LogP contribution in [0.4, 0.5) is 0 Å². The Labute approximate surface area is 82.1 Å². The average Bonchev–Trinajstić information content (AvgIpc) is 2.14. The minimum Gasteiger partial charge on any atom is -0.396 e. The Hall–Kier alpha value is -0.120. The summed E-state index contributed by atoms with van der Waals surface area (Å²) in [5, 5.41) is 12.0. The lowest BCUT2D eigenvalue weighted by Gasteiger charge is -2.23. The zero-order chi connectivity index (χ0) is 10.1. The van der Waals surface area contributed by atoms with E-state index in [1.807, 2.05) is 0 Å². The zero-order valence-electron chi connectivity index (χ0n) is 9.21. The van der Waals surface area contributed by atoms with Crippen LogP contribution in [0.2, 0.25) is 0 Å². The molecule has 13 heavy (non-hydrogen) atoms. The number of likely N-dealkylation sites (N-methyl/N-ethyl adjacent to an activating group) is 1. The fraction of sp³-hybridized carbons (Fsp3) is 1.00. The predicted octanol–water partition coefficient (Wildman–Crippen LogP) is 0.689. The van der Waals surface area contributed by atoms with Crippen LogP contribution in [-0.4, -0.2) is 48.8 Å². The van der Waals surface area contributed by atoms with E-state index in [9.17, 15) is 0 Å². The van der Waals surface area contributed by atoms with E-state index in [1.165, 1.54) is 0 Å². The summed E-state index contributed by atoms with van der Waals surface area (Å²) in [6, 6.07) is 0.520. The maximum absolute atomic E-state index is 8.60. The summed E-state index contributed by atoms with van der Waals surface area (Å²) in [5.41, 5.74) is 0. The van der Waals surface area contributed by atoms with Crippen molar-refractivity contribution in [1.82, 2.24) is 10.2 Å². The van der Waals surface area contributed by atoms with E-state index in [4.69, 9.17) is 5.11 Å². The Morgan fingerprint density at radius 3 is 2.38 bits per heavy atom. The van der Waals surface area contributed by atoms with Gasteiger partial charge in [-0.1, -0.05) is 13.8 Å². The van der Waals surface area contributed by atoms with E-state index < -0.39 is 0 Å². The molecular formula is C10H24N2O. The van der Waals surface area contributed by atoms with E-state index in [2.05, 4.69) is 31.0 Å². The predicted molar refractivity (Wildman–Crippen MR) is 57.0 cm³/mol. The maximum Gasteiger partial charge on any atom is 0.0443 e. The first-order chi connectivity index (χ1) is 6.24. The first-order valence-electron chi connectivity index (χ1n) is 5.31. The number of nitrogens with zero attached hydrogens (tertiary/aromatic N) is 1. The summed E-state index contributed by atoms with van der Waals surface area (Å²) in [5.74, 6) is 0. The molecule has 0 heterocycles. The van der Waals surface area contributed by atoms with E-state index in [0.717, 1.165) is 32.6 Å². The highest BCUT2D eigenvalue weighted by Crippen LogP contribution is 1.91. The molecule has 0 bridgehead atoms. The monoisotopic (exact) mass is 188 g/mol. The largest absolute Gasteiger partial charge is 0.396 e. The summed E-state index contributed by atoms with van der Waals surface area (Å²) in [6.07, 6.45) is 0.850. The zero-order valence-corrected chi connectivity index (χ0v) is 9.21. The van der Waals surface area contributed by atoms with Gasteiger partial charge in [0.2, 0.25) is 0 Å². The second-order valence-corrected chi connectivity index (χ2v) is 3.42. The van der Waals surface area contributed by atoms with Crippen molar-refractivity contribution in [2.75, 3.05) is 32.8 Å². The van der Waals surface area contributed by atoms with Gasteiger partial charge in [0.25, 0.3) is 0 Å². The highest BCUT2D eigenvalue weighted by molar-refractivity contribution is 4.65. The molecule has 0 aliphatic rings. The molecule has 1 unspecified atom stereocenters. The van der Waals surface area contributed by atoms with Crippen molar-refractivity contribution in [3.63, 3.8) is 0 Å². The van der Waals surface area contributed by atoms with Crippen molar-refractivity contribution in [3.05, 3.63) is 0 Å². The van der Waals surface area contributed by atoms with Gasteiger partial charge >= 0.3 is 0 Å². The van der Waals surface area contributed by atoms with Crippen LogP contribution in [0.3, 0.4) is 0 Å². The third kappa shape index (κ3) is 6.99. The summed E-state index contributed by atoms with van der Waals surface area (Å²) >= 11 is 0.